The Labute approximate surface area is 92.2 Å². The molecule has 0 radical (unpaired) electrons. The van der Waals surface area contributed by atoms with Crippen molar-refractivity contribution in [2.24, 2.45) is 5.92 Å². The van der Waals surface area contributed by atoms with E-state index in [4.69, 9.17) is 5.11 Å². The molecule has 2 unspecified atom stereocenters. The van der Waals surface area contributed by atoms with Crippen LogP contribution in [0.15, 0.2) is 0 Å². The molecule has 0 aliphatic carbocycles. The molecule has 0 spiro atoms. The van der Waals surface area contributed by atoms with Crippen LogP contribution in [0, 0.1) is 5.92 Å². The van der Waals surface area contributed by atoms with Gasteiger partial charge in [-0.3, -0.25) is 14.5 Å². The van der Waals surface area contributed by atoms with Crippen LogP contribution in [-0.2, 0) is 14.4 Å². The van der Waals surface area contributed by atoms with Crippen molar-refractivity contribution < 1.29 is 24.3 Å². The molecule has 0 aromatic carbocycles. The van der Waals surface area contributed by atoms with Gasteiger partial charge in [0.1, 0.15) is 18.0 Å². The van der Waals surface area contributed by atoms with Crippen molar-refractivity contribution in [3.05, 3.63) is 0 Å². The van der Waals surface area contributed by atoms with Crippen LogP contribution in [0.5, 0.6) is 0 Å². The summed E-state index contributed by atoms with van der Waals surface area (Å²) in [4.78, 5) is 45.2. The molecule has 1 aliphatic rings. The third-order valence-corrected chi connectivity index (χ3v) is 2.71. The number of rotatable bonds is 4. The van der Waals surface area contributed by atoms with E-state index in [1.165, 1.54) is 0 Å². The predicted molar refractivity (Wildman–Crippen MR) is 53.0 cm³/mol. The van der Waals surface area contributed by atoms with E-state index in [1.54, 1.807) is 0 Å². The quantitative estimate of drug-likeness (QED) is 0.543. The predicted octanol–water partition coefficient (Wildman–Crippen LogP) is 0.102. The van der Waals surface area contributed by atoms with Crippen LogP contribution in [0.1, 0.15) is 19.8 Å². The molecule has 1 N–H and O–H groups in total. The lowest BCUT2D eigenvalue weighted by atomic mass is 9.95. The monoisotopic (exact) mass is 227 g/mol. The first-order chi connectivity index (χ1) is 7.49. The maximum absolute atomic E-state index is 11.8. The molecular weight excluding hydrogens is 214 g/mol. The van der Waals surface area contributed by atoms with Gasteiger partial charge in [0, 0.05) is 6.54 Å². The second kappa shape index (κ2) is 4.87. The van der Waals surface area contributed by atoms with Crippen molar-refractivity contribution in [1.29, 1.82) is 0 Å². The molecule has 0 aromatic heterocycles. The van der Waals surface area contributed by atoms with Gasteiger partial charge < -0.3 is 9.90 Å². The summed E-state index contributed by atoms with van der Waals surface area (Å²) in [5.74, 6) is -2.48. The normalized spacial score (nSPS) is 21.6. The number of nitrogens with zero attached hydrogens (tertiary/aromatic N) is 1. The van der Waals surface area contributed by atoms with Gasteiger partial charge in [0.25, 0.3) is 0 Å². The average Bonchev–Trinajstić information content (AvgIpc) is 2.65. The summed E-state index contributed by atoms with van der Waals surface area (Å²) < 4.78 is 0. The molecule has 1 saturated heterocycles. The standard InChI is InChI=1S/C10H13NO5/c1-6(13)7(5-12)9(14)8-3-2-4-11(8)10(15)16/h5,7-8H,2-4H2,1H3,(H,15,16). The topological polar surface area (TPSA) is 91.8 Å². The molecule has 0 aromatic rings. The molecule has 2 atom stereocenters. The average molecular weight is 227 g/mol. The number of carboxylic acid groups (broad SMARTS) is 1. The summed E-state index contributed by atoms with van der Waals surface area (Å²) in [5.41, 5.74) is 0. The zero-order valence-corrected chi connectivity index (χ0v) is 8.88. The van der Waals surface area contributed by atoms with Gasteiger partial charge in [-0.2, -0.15) is 0 Å². The Morgan fingerprint density at radius 2 is 2.06 bits per heavy atom. The van der Waals surface area contributed by atoms with Crippen LogP contribution in [0.3, 0.4) is 0 Å². The number of aldehydes is 1. The Morgan fingerprint density at radius 1 is 1.44 bits per heavy atom. The van der Waals surface area contributed by atoms with Crippen molar-refractivity contribution in [1.82, 2.24) is 4.90 Å². The molecule has 16 heavy (non-hydrogen) atoms. The number of carbonyl (C=O) groups excluding carboxylic acids is 3. The third kappa shape index (κ3) is 2.26. The van der Waals surface area contributed by atoms with E-state index in [0.717, 1.165) is 11.8 Å². The molecule has 6 heteroatoms. The first-order valence-corrected chi connectivity index (χ1v) is 4.98. The van der Waals surface area contributed by atoms with E-state index in [9.17, 15) is 19.2 Å². The van der Waals surface area contributed by atoms with Gasteiger partial charge in [-0.25, -0.2) is 4.79 Å². The molecular formula is C10H13NO5. The van der Waals surface area contributed by atoms with Crippen LogP contribution < -0.4 is 0 Å². The number of likely N-dealkylation sites (tertiary alicyclic amines) is 1. The Balaban J connectivity index is 2.83. The summed E-state index contributed by atoms with van der Waals surface area (Å²) in [6, 6.07) is -0.850. The fourth-order valence-electron chi connectivity index (χ4n) is 1.86. The van der Waals surface area contributed by atoms with Crippen LogP contribution >= 0.6 is 0 Å². The van der Waals surface area contributed by atoms with Crippen LogP contribution in [0.25, 0.3) is 0 Å². The number of ketones is 2. The minimum atomic E-state index is -1.33. The summed E-state index contributed by atoms with van der Waals surface area (Å²) in [5, 5.41) is 8.83. The SMILES string of the molecule is CC(=O)C(C=O)C(=O)C1CCCN1C(=O)O. The van der Waals surface area contributed by atoms with Gasteiger partial charge in [-0.15, -0.1) is 0 Å². The highest BCUT2D eigenvalue weighted by molar-refractivity contribution is 6.14. The van der Waals surface area contributed by atoms with E-state index in [1.807, 2.05) is 0 Å². The third-order valence-electron chi connectivity index (χ3n) is 2.71. The van der Waals surface area contributed by atoms with Gasteiger partial charge in [0.05, 0.1) is 6.04 Å². The van der Waals surface area contributed by atoms with Crippen molar-refractivity contribution >= 4 is 23.9 Å². The zero-order chi connectivity index (χ0) is 12.3. The minimum absolute atomic E-state index is 0.273. The van der Waals surface area contributed by atoms with Gasteiger partial charge >= 0.3 is 6.09 Å². The fraction of sp³-hybridized carbons (Fsp3) is 0.600. The summed E-state index contributed by atoms with van der Waals surface area (Å²) in [6.07, 6.45) is 0.0434. The van der Waals surface area contributed by atoms with Crippen LogP contribution in [-0.4, -0.2) is 46.5 Å². The van der Waals surface area contributed by atoms with Crippen molar-refractivity contribution in [3.63, 3.8) is 0 Å². The molecule has 88 valence electrons. The van der Waals surface area contributed by atoms with Crippen LogP contribution in [0.2, 0.25) is 0 Å². The van der Waals surface area contributed by atoms with E-state index >= 15 is 0 Å². The summed E-state index contributed by atoms with van der Waals surface area (Å²) in [7, 11) is 0. The molecule has 0 bridgehead atoms. The largest absolute Gasteiger partial charge is 0.465 e. The summed E-state index contributed by atoms with van der Waals surface area (Å²) >= 11 is 0. The highest BCUT2D eigenvalue weighted by atomic mass is 16.4. The first-order valence-electron chi connectivity index (χ1n) is 4.98. The molecule has 1 heterocycles. The highest BCUT2D eigenvalue weighted by Gasteiger charge is 2.38. The second-order valence-electron chi connectivity index (χ2n) is 3.76. The van der Waals surface area contributed by atoms with Gasteiger partial charge in [-0.1, -0.05) is 0 Å². The maximum atomic E-state index is 11.8. The minimum Gasteiger partial charge on any atom is -0.465 e. The summed E-state index contributed by atoms with van der Waals surface area (Å²) in [6.45, 7) is 1.42. The molecule has 1 rings (SSSR count). The number of hydrogen-bond donors (Lipinski definition) is 1. The Morgan fingerprint density at radius 3 is 2.50 bits per heavy atom. The molecule has 1 fully saturated rings. The zero-order valence-electron chi connectivity index (χ0n) is 8.88. The van der Waals surface area contributed by atoms with Gasteiger partial charge in [0.15, 0.2) is 5.78 Å². The van der Waals surface area contributed by atoms with Crippen molar-refractivity contribution in [3.8, 4) is 0 Å². The lowest BCUT2D eigenvalue weighted by molar-refractivity contribution is -0.137. The van der Waals surface area contributed by atoms with Gasteiger partial charge in [0.2, 0.25) is 0 Å². The van der Waals surface area contributed by atoms with Crippen molar-refractivity contribution in [2.75, 3.05) is 6.54 Å². The maximum Gasteiger partial charge on any atom is 0.407 e. The Bertz CT molecular complexity index is 338. The van der Waals surface area contributed by atoms with E-state index in [-0.39, 0.29) is 12.8 Å². The first kappa shape index (κ1) is 12.4. The smallest absolute Gasteiger partial charge is 0.407 e. The molecule has 1 amide bonds. The lowest BCUT2D eigenvalue weighted by Gasteiger charge is -2.21. The highest BCUT2D eigenvalue weighted by Crippen LogP contribution is 2.20. The van der Waals surface area contributed by atoms with Crippen LogP contribution in [0.4, 0.5) is 4.79 Å². The number of hydrogen-bond acceptors (Lipinski definition) is 4. The van der Waals surface area contributed by atoms with E-state index in [2.05, 4.69) is 0 Å². The van der Waals surface area contributed by atoms with Crippen molar-refractivity contribution in [2.45, 2.75) is 25.8 Å². The second-order valence-corrected chi connectivity index (χ2v) is 3.76. The Hall–Kier alpha value is -1.72. The number of amides is 1. The number of carbonyl (C=O) groups is 4. The van der Waals surface area contributed by atoms with E-state index < -0.39 is 29.6 Å². The number of Topliss-reactive ketones (excluding diaryl/α,β-unsaturated/α-hetero) is 2. The molecule has 6 nitrogen and oxygen atoms in total. The van der Waals surface area contributed by atoms with Gasteiger partial charge in [-0.05, 0) is 19.8 Å². The fourth-order valence-corrected chi connectivity index (χ4v) is 1.86. The Kier molecular flexibility index (Phi) is 3.76. The molecule has 1 aliphatic heterocycles. The molecule has 0 saturated carbocycles. The lowest BCUT2D eigenvalue weighted by Crippen LogP contribution is -2.44. The van der Waals surface area contributed by atoms with E-state index in [0.29, 0.717) is 12.8 Å².